The van der Waals surface area contributed by atoms with Crippen LogP contribution in [0.3, 0.4) is 0 Å². The number of alkyl carbamates (subject to hydrolysis) is 1. The number of hydrogen-bond donors (Lipinski definition) is 2. The number of carbonyl (C=O) groups excluding carboxylic acids is 2. The van der Waals surface area contributed by atoms with Crippen molar-refractivity contribution in [3.63, 3.8) is 0 Å². The molecule has 0 heterocycles. The van der Waals surface area contributed by atoms with Gasteiger partial charge < -0.3 is 20.1 Å². The second kappa shape index (κ2) is 18.3. The molecule has 0 aliphatic heterocycles. The number of carbonyl (C=O) groups is 2. The van der Waals surface area contributed by atoms with Crippen LogP contribution in [0.15, 0.2) is 0 Å². The lowest BCUT2D eigenvalue weighted by atomic mass is 10.0. The number of amides is 2. The van der Waals surface area contributed by atoms with E-state index < -0.39 is 11.7 Å². The largest absolute Gasteiger partial charge is 0.453 e. The van der Waals surface area contributed by atoms with Crippen molar-refractivity contribution in [3.8, 4) is 11.8 Å². The molecule has 0 aromatic carbocycles. The van der Waals surface area contributed by atoms with Crippen molar-refractivity contribution >= 4 is 12.0 Å². The molecule has 2 amide bonds. The minimum atomic E-state index is -0.506. The van der Waals surface area contributed by atoms with Gasteiger partial charge in [-0.05, 0) is 52.4 Å². The van der Waals surface area contributed by atoms with E-state index in [1.54, 1.807) is 0 Å². The summed E-state index contributed by atoms with van der Waals surface area (Å²) >= 11 is 0. The number of methoxy groups -OCH3 is 1. The third-order valence-corrected chi connectivity index (χ3v) is 4.43. The fourth-order valence-electron chi connectivity index (χ4n) is 2.88. The van der Waals surface area contributed by atoms with Crippen molar-refractivity contribution < 1.29 is 19.1 Å². The van der Waals surface area contributed by atoms with E-state index in [1.807, 2.05) is 41.5 Å². The fourth-order valence-corrected chi connectivity index (χ4v) is 2.88. The van der Waals surface area contributed by atoms with Crippen molar-refractivity contribution in [1.82, 2.24) is 10.6 Å². The molecule has 2 N–H and O–H groups in total. The lowest BCUT2D eigenvalue weighted by Crippen LogP contribution is -2.38. The standard InChI is InChI=1S/C11H22N2O4.C10H16.C2H6/c1-5-17-11(2,3)8-9(14)12-6-7-13-10(15)16-4;1-3-5-6-7-10-8-9(10)4-2;1-2/h5-8H2,1-4H3,(H,12,14)(H,13,15);9-10H,4,6-8H2,1-2H3;1-2H3. The van der Waals surface area contributed by atoms with Crippen LogP contribution in [-0.2, 0) is 14.3 Å². The van der Waals surface area contributed by atoms with Crippen molar-refractivity contribution in [2.75, 3.05) is 26.8 Å². The van der Waals surface area contributed by atoms with E-state index in [2.05, 4.69) is 34.1 Å². The van der Waals surface area contributed by atoms with Gasteiger partial charge in [0.15, 0.2) is 0 Å². The molecule has 0 aromatic heterocycles. The average Bonchev–Trinajstić information content (AvgIpc) is 3.45. The van der Waals surface area contributed by atoms with Gasteiger partial charge in [0.1, 0.15) is 0 Å². The van der Waals surface area contributed by atoms with Gasteiger partial charge in [-0.15, -0.1) is 11.8 Å². The Kier molecular flexibility index (Phi) is 18.6. The molecular formula is C23H44N2O4. The molecule has 2 atom stereocenters. The summed E-state index contributed by atoms with van der Waals surface area (Å²) in [6.07, 6.45) is 5.11. The Morgan fingerprint density at radius 3 is 2.21 bits per heavy atom. The van der Waals surface area contributed by atoms with Crippen LogP contribution in [0.2, 0.25) is 0 Å². The lowest BCUT2D eigenvalue weighted by molar-refractivity contribution is -0.127. The van der Waals surface area contributed by atoms with Crippen molar-refractivity contribution in [3.05, 3.63) is 0 Å². The van der Waals surface area contributed by atoms with Crippen LogP contribution in [0.1, 0.15) is 80.6 Å². The van der Waals surface area contributed by atoms with E-state index in [1.165, 1.54) is 26.4 Å². The maximum atomic E-state index is 11.5. The van der Waals surface area contributed by atoms with Crippen LogP contribution >= 0.6 is 0 Å². The molecule has 29 heavy (non-hydrogen) atoms. The summed E-state index contributed by atoms with van der Waals surface area (Å²) in [4.78, 5) is 22.2. The van der Waals surface area contributed by atoms with Gasteiger partial charge in [0, 0.05) is 26.1 Å². The molecule has 2 unspecified atom stereocenters. The molecule has 0 saturated heterocycles. The first kappa shape index (κ1) is 29.5. The zero-order valence-electron chi connectivity index (χ0n) is 19.9. The van der Waals surface area contributed by atoms with Crippen molar-refractivity contribution in [2.24, 2.45) is 11.8 Å². The minimum absolute atomic E-state index is 0.102. The summed E-state index contributed by atoms with van der Waals surface area (Å²) in [7, 11) is 1.29. The van der Waals surface area contributed by atoms with Crippen molar-refractivity contribution in [1.29, 1.82) is 0 Å². The lowest BCUT2D eigenvalue weighted by Gasteiger charge is -2.23. The van der Waals surface area contributed by atoms with Gasteiger partial charge in [0.2, 0.25) is 5.91 Å². The second-order valence-electron chi connectivity index (χ2n) is 7.27. The fraction of sp³-hybridized carbons (Fsp3) is 0.826. The SMILES string of the molecule is CC.CC#CCCC1CC1CC.CCOC(C)(C)CC(=O)NCCNC(=O)OC. The summed E-state index contributed by atoms with van der Waals surface area (Å²) in [6, 6.07) is 0. The molecule has 0 spiro atoms. The maximum Gasteiger partial charge on any atom is 0.406 e. The summed E-state index contributed by atoms with van der Waals surface area (Å²) < 4.78 is 9.80. The van der Waals surface area contributed by atoms with Crippen LogP contribution < -0.4 is 10.6 Å². The predicted molar refractivity (Wildman–Crippen MR) is 120 cm³/mol. The van der Waals surface area contributed by atoms with Gasteiger partial charge in [0.05, 0.1) is 19.1 Å². The highest BCUT2D eigenvalue weighted by Gasteiger charge is 2.33. The summed E-state index contributed by atoms with van der Waals surface area (Å²) in [6.45, 7) is 15.1. The first-order valence-corrected chi connectivity index (χ1v) is 10.9. The smallest absolute Gasteiger partial charge is 0.406 e. The Bertz CT molecular complexity index is 495. The maximum absolute atomic E-state index is 11.5. The molecule has 1 aliphatic rings. The van der Waals surface area contributed by atoms with E-state index >= 15 is 0 Å². The zero-order valence-corrected chi connectivity index (χ0v) is 19.9. The van der Waals surface area contributed by atoms with Crippen LogP contribution in [0.25, 0.3) is 0 Å². The molecule has 6 nitrogen and oxygen atoms in total. The number of rotatable bonds is 10. The first-order chi connectivity index (χ1) is 13.8. The molecule has 1 fully saturated rings. The van der Waals surface area contributed by atoms with Crippen LogP contribution in [0, 0.1) is 23.7 Å². The molecule has 1 rings (SSSR count). The Morgan fingerprint density at radius 1 is 1.10 bits per heavy atom. The van der Waals surface area contributed by atoms with Gasteiger partial charge in [0.25, 0.3) is 0 Å². The molecule has 1 saturated carbocycles. The summed E-state index contributed by atoms with van der Waals surface area (Å²) in [5.41, 5.74) is -0.464. The molecule has 170 valence electrons. The Labute approximate surface area is 178 Å². The highest BCUT2D eigenvalue weighted by Crippen LogP contribution is 2.43. The summed E-state index contributed by atoms with van der Waals surface area (Å²) in [5.74, 6) is 8.03. The average molecular weight is 413 g/mol. The Balaban J connectivity index is 0. The van der Waals surface area contributed by atoms with E-state index in [0.29, 0.717) is 26.1 Å². The number of ether oxygens (including phenoxy) is 2. The predicted octanol–water partition coefficient (Wildman–Crippen LogP) is 4.53. The molecule has 0 aromatic rings. The quantitative estimate of drug-likeness (QED) is 0.408. The van der Waals surface area contributed by atoms with Gasteiger partial charge in [-0.25, -0.2) is 4.79 Å². The zero-order chi connectivity index (χ0) is 22.7. The summed E-state index contributed by atoms with van der Waals surface area (Å²) in [5, 5.41) is 5.16. The van der Waals surface area contributed by atoms with E-state index in [0.717, 1.165) is 18.3 Å². The van der Waals surface area contributed by atoms with Gasteiger partial charge in [-0.3, -0.25) is 4.79 Å². The minimum Gasteiger partial charge on any atom is -0.453 e. The molecule has 0 bridgehead atoms. The highest BCUT2D eigenvalue weighted by molar-refractivity contribution is 5.77. The van der Waals surface area contributed by atoms with Gasteiger partial charge >= 0.3 is 6.09 Å². The van der Waals surface area contributed by atoms with Gasteiger partial charge in [-0.1, -0.05) is 27.2 Å². The van der Waals surface area contributed by atoms with Gasteiger partial charge in [-0.2, -0.15) is 0 Å². The number of nitrogens with one attached hydrogen (secondary N) is 2. The Morgan fingerprint density at radius 2 is 1.72 bits per heavy atom. The van der Waals surface area contributed by atoms with Crippen molar-refractivity contribution in [2.45, 2.75) is 86.2 Å². The molecule has 6 heteroatoms. The van der Waals surface area contributed by atoms with Crippen LogP contribution in [0.5, 0.6) is 0 Å². The molecule has 0 radical (unpaired) electrons. The second-order valence-corrected chi connectivity index (χ2v) is 7.27. The van der Waals surface area contributed by atoms with E-state index in [9.17, 15) is 9.59 Å². The third-order valence-electron chi connectivity index (χ3n) is 4.43. The van der Waals surface area contributed by atoms with Crippen LogP contribution in [-0.4, -0.2) is 44.4 Å². The van der Waals surface area contributed by atoms with Crippen LogP contribution in [0.4, 0.5) is 4.79 Å². The van der Waals surface area contributed by atoms with E-state index in [-0.39, 0.29) is 5.91 Å². The van der Waals surface area contributed by atoms with E-state index in [4.69, 9.17) is 4.74 Å². The Hall–Kier alpha value is -1.74. The normalized spacial score (nSPS) is 16.6. The monoisotopic (exact) mass is 412 g/mol. The number of hydrogen-bond acceptors (Lipinski definition) is 4. The first-order valence-electron chi connectivity index (χ1n) is 10.9. The highest BCUT2D eigenvalue weighted by atomic mass is 16.5. The topological polar surface area (TPSA) is 76.7 Å². The third kappa shape index (κ3) is 18.1. The molecular weight excluding hydrogens is 368 g/mol. The molecule has 1 aliphatic carbocycles.